The highest BCUT2D eigenvalue weighted by Crippen LogP contribution is 2.37. The summed E-state index contributed by atoms with van der Waals surface area (Å²) in [6.45, 7) is 1.15. The second-order valence-corrected chi connectivity index (χ2v) is 11.3. The molecule has 1 atom stereocenters. The maximum absolute atomic E-state index is 12.8. The molecule has 0 spiro atoms. The van der Waals surface area contributed by atoms with Crippen molar-refractivity contribution in [2.24, 2.45) is 5.92 Å². The van der Waals surface area contributed by atoms with E-state index in [9.17, 15) is 14.7 Å². The Labute approximate surface area is 239 Å². The van der Waals surface area contributed by atoms with Crippen LogP contribution in [0.4, 0.5) is 0 Å². The van der Waals surface area contributed by atoms with Crippen LogP contribution in [0.3, 0.4) is 0 Å². The van der Waals surface area contributed by atoms with Crippen LogP contribution in [0.25, 0.3) is 10.9 Å². The molecule has 9 heteroatoms. The second-order valence-electron chi connectivity index (χ2n) is 10.5. The number of fused-ring (bicyclic) bond motifs is 1. The summed E-state index contributed by atoms with van der Waals surface area (Å²) in [5, 5.41) is 15.7. The SMILES string of the molecule is Cl.O=C(O)C(NC1CCC(c2c[nH]c3ccccc23)CC1)C1CCN(C(=O)Cc2ccc(Cl)c(Cl)c2)CC1. The average Bonchev–Trinajstić information content (AvgIpc) is 3.34. The van der Waals surface area contributed by atoms with E-state index >= 15 is 0 Å². The van der Waals surface area contributed by atoms with E-state index in [0.717, 1.165) is 31.2 Å². The first-order chi connectivity index (χ1) is 17.9. The summed E-state index contributed by atoms with van der Waals surface area (Å²) < 4.78 is 0. The van der Waals surface area contributed by atoms with E-state index in [-0.39, 0.29) is 36.7 Å². The zero-order valence-electron chi connectivity index (χ0n) is 21.2. The first-order valence-electron chi connectivity index (χ1n) is 13.2. The Morgan fingerprint density at radius 2 is 1.71 bits per heavy atom. The molecule has 0 bridgehead atoms. The van der Waals surface area contributed by atoms with Crippen LogP contribution in [-0.2, 0) is 16.0 Å². The molecule has 2 heterocycles. The standard InChI is InChI=1S/C29H33Cl2N3O3.ClH/c30-24-10-5-18(15-25(24)31)16-27(35)34-13-11-20(12-14-34)28(29(36)37)33-21-8-6-19(7-9-21)23-17-32-26-4-2-1-3-22(23)26;/h1-5,10,15,17,19-21,28,32-33H,6-9,11-14,16H2,(H,36,37);1H. The highest BCUT2D eigenvalue weighted by Gasteiger charge is 2.35. The number of aromatic nitrogens is 1. The van der Waals surface area contributed by atoms with Crippen LogP contribution < -0.4 is 5.32 Å². The van der Waals surface area contributed by atoms with Gasteiger partial charge in [0, 0.05) is 36.2 Å². The molecule has 204 valence electrons. The zero-order valence-corrected chi connectivity index (χ0v) is 23.5. The van der Waals surface area contributed by atoms with Gasteiger partial charge in [-0.3, -0.25) is 9.59 Å². The molecule has 1 aliphatic heterocycles. The lowest BCUT2D eigenvalue weighted by Crippen LogP contribution is -2.52. The molecular weight excluding hydrogens is 545 g/mol. The van der Waals surface area contributed by atoms with Crippen molar-refractivity contribution in [3.63, 3.8) is 0 Å². The molecule has 1 amide bonds. The van der Waals surface area contributed by atoms with Gasteiger partial charge >= 0.3 is 5.97 Å². The summed E-state index contributed by atoms with van der Waals surface area (Å²) in [7, 11) is 0. The van der Waals surface area contributed by atoms with E-state index in [1.165, 1.54) is 16.5 Å². The number of amides is 1. The number of nitrogens with zero attached hydrogens (tertiary/aromatic N) is 1. The number of hydrogen-bond donors (Lipinski definition) is 3. The van der Waals surface area contributed by atoms with Gasteiger partial charge in [-0.15, -0.1) is 12.4 Å². The number of piperidine rings is 1. The monoisotopic (exact) mass is 577 g/mol. The Bertz CT molecular complexity index is 1260. The Hall–Kier alpha value is -2.25. The van der Waals surface area contributed by atoms with Gasteiger partial charge in [0.25, 0.3) is 0 Å². The number of benzene rings is 2. The molecule has 2 fully saturated rings. The summed E-state index contributed by atoms with van der Waals surface area (Å²) >= 11 is 12.1. The molecular formula is C29H34Cl3N3O3. The third kappa shape index (κ3) is 6.48. The van der Waals surface area contributed by atoms with Crippen molar-refractivity contribution in [1.82, 2.24) is 15.2 Å². The van der Waals surface area contributed by atoms with Crippen molar-refractivity contribution in [3.8, 4) is 0 Å². The Morgan fingerprint density at radius 1 is 1.00 bits per heavy atom. The maximum Gasteiger partial charge on any atom is 0.320 e. The Kier molecular flexibility index (Phi) is 9.64. The topological polar surface area (TPSA) is 85.4 Å². The van der Waals surface area contributed by atoms with Crippen LogP contribution in [0.15, 0.2) is 48.7 Å². The lowest BCUT2D eigenvalue weighted by Gasteiger charge is -2.37. The molecule has 1 aromatic heterocycles. The highest BCUT2D eigenvalue weighted by atomic mass is 35.5. The number of carboxylic acids is 1. The first-order valence-corrected chi connectivity index (χ1v) is 13.9. The van der Waals surface area contributed by atoms with Gasteiger partial charge in [-0.1, -0.05) is 47.5 Å². The van der Waals surface area contributed by atoms with E-state index in [2.05, 4.69) is 34.7 Å². The fraction of sp³-hybridized carbons (Fsp3) is 0.448. The number of carbonyl (C=O) groups excluding carboxylic acids is 1. The molecule has 6 nitrogen and oxygen atoms in total. The third-order valence-corrected chi connectivity index (χ3v) is 8.91. The summed E-state index contributed by atoms with van der Waals surface area (Å²) in [6.07, 6.45) is 7.80. The number of hydrogen-bond acceptors (Lipinski definition) is 3. The predicted molar refractivity (Wildman–Crippen MR) is 155 cm³/mol. The first kappa shape index (κ1) is 28.8. The number of carboxylic acid groups (broad SMARTS) is 1. The third-order valence-electron chi connectivity index (χ3n) is 8.17. The van der Waals surface area contributed by atoms with Gasteiger partial charge in [-0.25, -0.2) is 0 Å². The van der Waals surface area contributed by atoms with E-state index in [4.69, 9.17) is 23.2 Å². The number of aromatic amines is 1. The Balaban J connectivity index is 0.00000336. The van der Waals surface area contributed by atoms with Gasteiger partial charge in [0.05, 0.1) is 16.5 Å². The molecule has 38 heavy (non-hydrogen) atoms. The van der Waals surface area contributed by atoms with Crippen LogP contribution in [-0.4, -0.2) is 52.0 Å². The van der Waals surface area contributed by atoms with Crippen LogP contribution in [0.5, 0.6) is 0 Å². The summed E-state index contributed by atoms with van der Waals surface area (Å²) in [5.41, 5.74) is 3.38. The summed E-state index contributed by atoms with van der Waals surface area (Å²) in [5.74, 6) is -0.244. The molecule has 2 aliphatic rings. The van der Waals surface area contributed by atoms with E-state index in [0.29, 0.717) is 41.9 Å². The predicted octanol–water partition coefficient (Wildman–Crippen LogP) is 6.45. The van der Waals surface area contributed by atoms with E-state index in [1.54, 1.807) is 12.1 Å². The fourth-order valence-electron chi connectivity index (χ4n) is 6.08. The molecule has 2 aromatic carbocycles. The zero-order chi connectivity index (χ0) is 25.9. The van der Waals surface area contributed by atoms with Gasteiger partial charge in [0.15, 0.2) is 0 Å². The number of rotatable bonds is 7. The van der Waals surface area contributed by atoms with Gasteiger partial charge in [-0.2, -0.15) is 0 Å². The maximum atomic E-state index is 12.8. The average molecular weight is 579 g/mol. The molecule has 3 N–H and O–H groups in total. The molecule has 1 saturated heterocycles. The van der Waals surface area contributed by atoms with Gasteiger partial charge in [0.1, 0.15) is 6.04 Å². The Morgan fingerprint density at radius 3 is 2.39 bits per heavy atom. The number of halogens is 3. The molecule has 3 aromatic rings. The molecule has 1 aliphatic carbocycles. The van der Waals surface area contributed by atoms with Gasteiger partial charge in [0.2, 0.25) is 5.91 Å². The second kappa shape index (κ2) is 12.7. The molecule has 5 rings (SSSR count). The molecule has 1 saturated carbocycles. The lowest BCUT2D eigenvalue weighted by molar-refractivity contribution is -0.142. The lowest BCUT2D eigenvalue weighted by atomic mass is 9.80. The number of likely N-dealkylation sites (tertiary alicyclic amines) is 1. The van der Waals surface area contributed by atoms with Gasteiger partial charge in [-0.05, 0) is 79.7 Å². The van der Waals surface area contributed by atoms with Crippen molar-refractivity contribution in [3.05, 3.63) is 69.8 Å². The minimum atomic E-state index is -0.792. The van der Waals surface area contributed by atoms with Crippen molar-refractivity contribution < 1.29 is 14.7 Å². The number of para-hydroxylation sites is 1. The number of nitrogens with one attached hydrogen (secondary N) is 2. The largest absolute Gasteiger partial charge is 0.480 e. The quantitative estimate of drug-likeness (QED) is 0.301. The number of H-pyrrole nitrogens is 1. The molecule has 0 radical (unpaired) electrons. The van der Waals surface area contributed by atoms with E-state index < -0.39 is 12.0 Å². The minimum Gasteiger partial charge on any atom is -0.480 e. The fourth-order valence-corrected chi connectivity index (χ4v) is 6.40. The van der Waals surface area contributed by atoms with Crippen molar-refractivity contribution in [1.29, 1.82) is 0 Å². The van der Waals surface area contributed by atoms with Crippen LogP contribution in [0, 0.1) is 5.92 Å². The smallest absolute Gasteiger partial charge is 0.320 e. The summed E-state index contributed by atoms with van der Waals surface area (Å²) in [6, 6.07) is 13.3. The van der Waals surface area contributed by atoms with Crippen molar-refractivity contribution in [2.45, 2.75) is 62.9 Å². The van der Waals surface area contributed by atoms with Crippen molar-refractivity contribution in [2.75, 3.05) is 13.1 Å². The normalized spacial score (nSPS) is 21.2. The van der Waals surface area contributed by atoms with Crippen LogP contribution in [0.2, 0.25) is 10.0 Å². The molecule has 1 unspecified atom stereocenters. The minimum absolute atomic E-state index is 0. The van der Waals surface area contributed by atoms with E-state index in [1.807, 2.05) is 17.0 Å². The van der Waals surface area contributed by atoms with Crippen molar-refractivity contribution >= 4 is 58.4 Å². The van der Waals surface area contributed by atoms with Gasteiger partial charge < -0.3 is 20.3 Å². The van der Waals surface area contributed by atoms with Crippen LogP contribution >= 0.6 is 35.6 Å². The summed E-state index contributed by atoms with van der Waals surface area (Å²) in [4.78, 5) is 30.3. The van der Waals surface area contributed by atoms with Crippen LogP contribution in [0.1, 0.15) is 55.6 Å². The number of carbonyl (C=O) groups is 2. The highest BCUT2D eigenvalue weighted by molar-refractivity contribution is 6.42. The number of aliphatic carboxylic acids is 1.